The lowest BCUT2D eigenvalue weighted by Gasteiger charge is -2.24. The number of methoxy groups -OCH3 is 2. The normalized spacial score (nSPS) is 22.3. The fourth-order valence-corrected chi connectivity index (χ4v) is 3.55. The number of ether oxygens (including phenoxy) is 2. The van der Waals surface area contributed by atoms with E-state index in [9.17, 15) is 0 Å². The van der Waals surface area contributed by atoms with Gasteiger partial charge >= 0.3 is 0 Å². The molecule has 2 rings (SSSR count). The minimum atomic E-state index is 0.305. The molecule has 1 saturated heterocycles. The highest BCUT2D eigenvalue weighted by atomic mass is 32.2. The first kappa shape index (κ1) is 14.2. The third-order valence-electron chi connectivity index (χ3n) is 3.51. The zero-order valence-corrected chi connectivity index (χ0v) is 12.6. The van der Waals surface area contributed by atoms with E-state index in [1.807, 2.05) is 17.8 Å². The maximum Gasteiger partial charge on any atom is 0.162 e. The summed E-state index contributed by atoms with van der Waals surface area (Å²) >= 11 is 2.03. The molecule has 0 bridgehead atoms. The largest absolute Gasteiger partial charge is 0.493 e. The summed E-state index contributed by atoms with van der Waals surface area (Å²) in [5, 5.41) is 3.44. The minimum absolute atomic E-state index is 0.305. The Balaban J connectivity index is 2.11. The Morgan fingerprint density at radius 1 is 1.32 bits per heavy atom. The molecular weight excluding hydrogens is 260 g/mol. The molecule has 1 atom stereocenters. The van der Waals surface area contributed by atoms with E-state index in [0.29, 0.717) is 21.9 Å². The summed E-state index contributed by atoms with van der Waals surface area (Å²) in [5.41, 5.74) is 7.64. The molecular formula is C14H22N2O2S. The maximum atomic E-state index is 6.04. The van der Waals surface area contributed by atoms with Crippen LogP contribution in [0.25, 0.3) is 0 Å². The molecule has 0 amide bonds. The van der Waals surface area contributed by atoms with Crippen molar-refractivity contribution >= 4 is 23.1 Å². The fraction of sp³-hybridized carbons (Fsp3) is 0.571. The Kier molecular flexibility index (Phi) is 4.34. The monoisotopic (exact) mass is 282 g/mol. The van der Waals surface area contributed by atoms with Gasteiger partial charge in [0.15, 0.2) is 11.5 Å². The standard InChI is InChI=1S/C14H22N2O2S/c1-14(5-4-6-19-14)9-16-11-8-13(18-3)12(17-2)7-10(11)15/h7-8,16H,4-6,9,15H2,1-3H3. The van der Waals surface area contributed by atoms with Crippen LogP contribution in [0.1, 0.15) is 19.8 Å². The highest BCUT2D eigenvalue weighted by molar-refractivity contribution is 8.00. The second-order valence-corrected chi connectivity index (χ2v) is 6.73. The van der Waals surface area contributed by atoms with Crippen molar-refractivity contribution in [3.8, 4) is 11.5 Å². The Bertz CT molecular complexity index is 445. The summed E-state index contributed by atoms with van der Waals surface area (Å²) in [6.07, 6.45) is 2.54. The van der Waals surface area contributed by atoms with Crippen LogP contribution in [0.4, 0.5) is 11.4 Å². The zero-order chi connectivity index (χ0) is 13.9. The number of hydrogen-bond donors (Lipinski definition) is 2. The lowest BCUT2D eigenvalue weighted by molar-refractivity contribution is 0.355. The third-order valence-corrected chi connectivity index (χ3v) is 5.05. The molecule has 0 saturated carbocycles. The van der Waals surface area contributed by atoms with Gasteiger partial charge in [0.1, 0.15) is 0 Å². The van der Waals surface area contributed by atoms with Crippen molar-refractivity contribution < 1.29 is 9.47 Å². The first-order chi connectivity index (χ1) is 9.08. The van der Waals surface area contributed by atoms with Gasteiger partial charge in [-0.25, -0.2) is 0 Å². The Hall–Kier alpha value is -1.23. The first-order valence-electron chi connectivity index (χ1n) is 6.47. The lowest BCUT2D eigenvalue weighted by atomic mass is 10.1. The molecule has 4 nitrogen and oxygen atoms in total. The predicted molar refractivity (Wildman–Crippen MR) is 82.5 cm³/mol. The first-order valence-corrected chi connectivity index (χ1v) is 7.46. The number of rotatable bonds is 5. The van der Waals surface area contributed by atoms with Gasteiger partial charge in [-0.2, -0.15) is 11.8 Å². The third kappa shape index (κ3) is 3.21. The Labute approximate surface area is 119 Å². The Morgan fingerprint density at radius 2 is 2.00 bits per heavy atom. The van der Waals surface area contributed by atoms with Gasteiger partial charge in [-0.3, -0.25) is 0 Å². The van der Waals surface area contributed by atoms with Crippen molar-refractivity contribution in [3.63, 3.8) is 0 Å². The van der Waals surface area contributed by atoms with E-state index in [1.165, 1.54) is 18.6 Å². The minimum Gasteiger partial charge on any atom is -0.493 e. The van der Waals surface area contributed by atoms with Gasteiger partial charge in [0, 0.05) is 23.4 Å². The van der Waals surface area contributed by atoms with E-state index in [2.05, 4.69) is 12.2 Å². The molecule has 106 valence electrons. The van der Waals surface area contributed by atoms with Crippen LogP contribution in [0.3, 0.4) is 0 Å². The van der Waals surface area contributed by atoms with E-state index in [-0.39, 0.29) is 0 Å². The molecule has 1 unspecified atom stereocenters. The topological polar surface area (TPSA) is 56.5 Å². The van der Waals surface area contributed by atoms with Crippen LogP contribution in [-0.4, -0.2) is 31.3 Å². The zero-order valence-electron chi connectivity index (χ0n) is 11.8. The number of anilines is 2. The molecule has 1 aliphatic rings. The summed E-state index contributed by atoms with van der Waals surface area (Å²) in [4.78, 5) is 0. The fourth-order valence-electron chi connectivity index (χ4n) is 2.31. The second kappa shape index (κ2) is 5.82. The number of thioether (sulfide) groups is 1. The number of hydrogen-bond acceptors (Lipinski definition) is 5. The van der Waals surface area contributed by atoms with E-state index >= 15 is 0 Å². The summed E-state index contributed by atoms with van der Waals surface area (Å²) in [6.45, 7) is 3.21. The van der Waals surface area contributed by atoms with Gasteiger partial charge in [-0.05, 0) is 25.5 Å². The highest BCUT2D eigenvalue weighted by Crippen LogP contribution is 2.39. The molecule has 1 aliphatic heterocycles. The van der Waals surface area contributed by atoms with Crippen molar-refractivity contribution in [2.75, 3.05) is 37.6 Å². The van der Waals surface area contributed by atoms with Gasteiger partial charge in [-0.15, -0.1) is 0 Å². The van der Waals surface area contributed by atoms with Crippen LogP contribution in [0.2, 0.25) is 0 Å². The van der Waals surface area contributed by atoms with Crippen LogP contribution < -0.4 is 20.5 Å². The van der Waals surface area contributed by atoms with E-state index in [1.54, 1.807) is 20.3 Å². The van der Waals surface area contributed by atoms with E-state index < -0.39 is 0 Å². The average molecular weight is 282 g/mol. The van der Waals surface area contributed by atoms with Gasteiger partial charge in [0.25, 0.3) is 0 Å². The average Bonchev–Trinajstić information content (AvgIpc) is 2.84. The van der Waals surface area contributed by atoms with Gasteiger partial charge in [-0.1, -0.05) is 0 Å². The number of nitrogen functional groups attached to an aromatic ring is 1. The molecule has 1 aromatic rings. The maximum absolute atomic E-state index is 6.04. The molecule has 0 aromatic heterocycles. The van der Waals surface area contributed by atoms with Crippen molar-refractivity contribution in [1.29, 1.82) is 0 Å². The molecule has 3 N–H and O–H groups in total. The van der Waals surface area contributed by atoms with Crippen molar-refractivity contribution in [3.05, 3.63) is 12.1 Å². The number of nitrogens with two attached hydrogens (primary N) is 1. The summed E-state index contributed by atoms with van der Waals surface area (Å²) in [6, 6.07) is 3.70. The van der Waals surface area contributed by atoms with Crippen LogP contribution in [0, 0.1) is 0 Å². The van der Waals surface area contributed by atoms with Crippen LogP contribution >= 0.6 is 11.8 Å². The molecule has 0 spiro atoms. The molecule has 1 aromatic carbocycles. The summed E-state index contributed by atoms with van der Waals surface area (Å²) < 4.78 is 10.8. The number of benzene rings is 1. The summed E-state index contributed by atoms with van der Waals surface area (Å²) in [5.74, 6) is 2.61. The van der Waals surface area contributed by atoms with Crippen LogP contribution in [-0.2, 0) is 0 Å². The van der Waals surface area contributed by atoms with Gasteiger partial charge in [0.05, 0.1) is 25.6 Å². The van der Waals surface area contributed by atoms with Crippen LogP contribution in [0.5, 0.6) is 11.5 Å². The second-order valence-electron chi connectivity index (χ2n) is 5.05. The number of nitrogens with one attached hydrogen (secondary N) is 1. The van der Waals surface area contributed by atoms with Crippen molar-refractivity contribution in [2.24, 2.45) is 0 Å². The molecule has 5 heteroatoms. The molecule has 19 heavy (non-hydrogen) atoms. The van der Waals surface area contributed by atoms with Crippen molar-refractivity contribution in [2.45, 2.75) is 24.5 Å². The van der Waals surface area contributed by atoms with Gasteiger partial charge < -0.3 is 20.5 Å². The van der Waals surface area contributed by atoms with Gasteiger partial charge in [0.2, 0.25) is 0 Å². The smallest absolute Gasteiger partial charge is 0.162 e. The van der Waals surface area contributed by atoms with E-state index in [4.69, 9.17) is 15.2 Å². The van der Waals surface area contributed by atoms with Crippen molar-refractivity contribution in [1.82, 2.24) is 0 Å². The SMILES string of the molecule is COc1cc(N)c(NCC2(C)CCCS2)cc1OC. The molecule has 0 radical (unpaired) electrons. The molecule has 1 heterocycles. The highest BCUT2D eigenvalue weighted by Gasteiger charge is 2.29. The lowest BCUT2D eigenvalue weighted by Crippen LogP contribution is -2.27. The summed E-state index contributed by atoms with van der Waals surface area (Å²) in [7, 11) is 3.24. The van der Waals surface area contributed by atoms with E-state index in [0.717, 1.165) is 12.2 Å². The molecule has 0 aliphatic carbocycles. The Morgan fingerprint density at radius 3 is 2.58 bits per heavy atom. The quantitative estimate of drug-likeness (QED) is 0.813. The van der Waals surface area contributed by atoms with Crippen LogP contribution in [0.15, 0.2) is 12.1 Å². The predicted octanol–water partition coefficient (Wildman–Crippen LogP) is 2.98. The molecule has 1 fully saturated rings.